The van der Waals surface area contributed by atoms with E-state index in [2.05, 4.69) is 26.2 Å². The van der Waals surface area contributed by atoms with Gasteiger partial charge in [0.2, 0.25) is 5.91 Å². The Hall–Kier alpha value is -0.0962. The fourth-order valence-corrected chi connectivity index (χ4v) is 9.04. The van der Waals surface area contributed by atoms with Gasteiger partial charge in [-0.25, -0.2) is 0 Å². The average molecular weight is 189 g/mol. The van der Waals surface area contributed by atoms with E-state index in [1.165, 1.54) is 0 Å². The number of hydrogen-bond donors (Lipinski definition) is 1. The van der Waals surface area contributed by atoms with Crippen LogP contribution in [0.4, 0.5) is 0 Å². The second-order valence-corrected chi connectivity index (χ2v) is 11.3. The molecule has 0 radical (unpaired) electrons. The molecule has 0 spiro atoms. The molecule has 0 heterocycles. The van der Waals surface area contributed by atoms with Gasteiger partial charge in [0.25, 0.3) is 0 Å². The standard InChI is InChI=1S/C7H19NOSi2/c1-10(2)7(11(3)4)5-6(8)9/h7,10-11H,5H2,1-4H3,(H2,8,9). The Balaban J connectivity index is 4.00. The average Bonchev–Trinajstić information content (AvgIpc) is 1.81. The van der Waals surface area contributed by atoms with E-state index < -0.39 is 17.6 Å². The Morgan fingerprint density at radius 2 is 1.64 bits per heavy atom. The molecule has 0 aliphatic rings. The Labute approximate surface area is 72.4 Å². The van der Waals surface area contributed by atoms with Crippen molar-refractivity contribution < 1.29 is 4.79 Å². The second-order valence-electron chi connectivity index (χ2n) is 3.82. The molecule has 0 aliphatic heterocycles. The molecule has 0 saturated carbocycles. The first-order valence-electron chi connectivity index (χ1n) is 4.23. The fraction of sp³-hybridized carbons (Fsp3) is 0.857. The van der Waals surface area contributed by atoms with Gasteiger partial charge in [0.15, 0.2) is 0 Å². The minimum atomic E-state index is -0.639. The number of amides is 1. The van der Waals surface area contributed by atoms with Gasteiger partial charge in [-0.2, -0.15) is 0 Å². The first kappa shape index (κ1) is 10.9. The number of rotatable bonds is 4. The molecule has 0 aliphatic carbocycles. The molecule has 0 fully saturated rings. The zero-order valence-corrected chi connectivity index (χ0v) is 10.2. The number of carbonyl (C=O) groups is 1. The van der Waals surface area contributed by atoms with E-state index in [9.17, 15) is 4.79 Å². The van der Waals surface area contributed by atoms with Crippen LogP contribution in [0.5, 0.6) is 0 Å². The van der Waals surface area contributed by atoms with Crippen LogP contribution in [-0.2, 0) is 4.79 Å². The highest BCUT2D eigenvalue weighted by molar-refractivity contribution is 6.77. The Kier molecular flexibility index (Phi) is 4.67. The number of hydrogen-bond acceptors (Lipinski definition) is 1. The number of primary amides is 1. The van der Waals surface area contributed by atoms with Crippen molar-refractivity contribution in [1.82, 2.24) is 0 Å². The molecule has 4 heteroatoms. The van der Waals surface area contributed by atoms with Crippen LogP contribution in [-0.4, -0.2) is 23.5 Å². The van der Waals surface area contributed by atoms with Gasteiger partial charge in [-0.05, 0) is 5.16 Å². The van der Waals surface area contributed by atoms with Gasteiger partial charge in [-0.1, -0.05) is 26.2 Å². The fourth-order valence-electron chi connectivity index (χ4n) is 1.47. The van der Waals surface area contributed by atoms with Crippen molar-refractivity contribution in [3.8, 4) is 0 Å². The molecule has 0 unspecified atom stereocenters. The highest BCUT2D eigenvalue weighted by Crippen LogP contribution is 2.18. The molecule has 0 aromatic heterocycles. The van der Waals surface area contributed by atoms with Crippen molar-refractivity contribution in [3.63, 3.8) is 0 Å². The predicted octanol–water partition coefficient (Wildman–Crippen LogP) is 0.745. The third kappa shape index (κ3) is 4.37. The summed E-state index contributed by atoms with van der Waals surface area (Å²) >= 11 is 0. The summed E-state index contributed by atoms with van der Waals surface area (Å²) in [6.07, 6.45) is 0.647. The minimum absolute atomic E-state index is 0.114. The highest BCUT2D eigenvalue weighted by atomic mass is 28.3. The van der Waals surface area contributed by atoms with Gasteiger partial charge in [0.1, 0.15) is 0 Å². The van der Waals surface area contributed by atoms with Gasteiger partial charge >= 0.3 is 0 Å². The molecule has 11 heavy (non-hydrogen) atoms. The van der Waals surface area contributed by atoms with Crippen LogP contribution >= 0.6 is 0 Å². The van der Waals surface area contributed by atoms with Gasteiger partial charge in [0, 0.05) is 24.0 Å². The summed E-state index contributed by atoms with van der Waals surface area (Å²) in [7, 11) is -1.28. The van der Waals surface area contributed by atoms with Crippen molar-refractivity contribution in [2.45, 2.75) is 37.8 Å². The maximum atomic E-state index is 10.7. The van der Waals surface area contributed by atoms with Crippen LogP contribution < -0.4 is 5.73 Å². The Morgan fingerprint density at radius 3 is 1.73 bits per heavy atom. The second kappa shape index (κ2) is 4.72. The highest BCUT2D eigenvalue weighted by Gasteiger charge is 2.20. The van der Waals surface area contributed by atoms with E-state index in [-0.39, 0.29) is 5.91 Å². The first-order valence-corrected chi connectivity index (χ1v) is 10.2. The molecule has 0 saturated heterocycles. The van der Waals surface area contributed by atoms with Crippen molar-refractivity contribution in [1.29, 1.82) is 0 Å². The molecule has 0 atom stereocenters. The maximum absolute atomic E-state index is 10.7. The van der Waals surface area contributed by atoms with E-state index in [1.54, 1.807) is 0 Å². The molecule has 2 nitrogen and oxygen atoms in total. The molecule has 0 aromatic rings. The monoisotopic (exact) mass is 189 g/mol. The van der Waals surface area contributed by atoms with E-state index in [0.717, 1.165) is 0 Å². The summed E-state index contributed by atoms with van der Waals surface area (Å²) in [6, 6.07) is 0. The predicted molar refractivity (Wildman–Crippen MR) is 55.3 cm³/mol. The summed E-state index contributed by atoms with van der Waals surface area (Å²) in [4.78, 5) is 10.7. The minimum Gasteiger partial charge on any atom is -0.370 e. The van der Waals surface area contributed by atoms with Crippen molar-refractivity contribution >= 4 is 23.5 Å². The Bertz CT molecular complexity index is 128. The molecular formula is C7H19NOSi2. The van der Waals surface area contributed by atoms with Gasteiger partial charge < -0.3 is 5.73 Å². The lowest BCUT2D eigenvalue weighted by atomic mass is 10.5. The van der Waals surface area contributed by atoms with Gasteiger partial charge in [-0.15, -0.1) is 0 Å². The molecular weight excluding hydrogens is 170 g/mol. The maximum Gasteiger partial charge on any atom is 0.217 e. The van der Waals surface area contributed by atoms with Crippen molar-refractivity contribution in [3.05, 3.63) is 0 Å². The summed E-state index contributed by atoms with van der Waals surface area (Å²) in [5.74, 6) is -0.114. The lowest BCUT2D eigenvalue weighted by Gasteiger charge is -2.20. The zero-order valence-electron chi connectivity index (χ0n) is 7.92. The first-order chi connectivity index (χ1) is 4.95. The van der Waals surface area contributed by atoms with Crippen LogP contribution in [0.1, 0.15) is 6.42 Å². The van der Waals surface area contributed by atoms with Crippen LogP contribution in [0, 0.1) is 0 Å². The molecule has 66 valence electrons. The van der Waals surface area contributed by atoms with Crippen LogP contribution in [0.2, 0.25) is 31.4 Å². The topological polar surface area (TPSA) is 43.1 Å². The van der Waals surface area contributed by atoms with Crippen molar-refractivity contribution in [2.24, 2.45) is 5.73 Å². The molecule has 1 amide bonds. The van der Waals surface area contributed by atoms with Crippen LogP contribution in [0.15, 0.2) is 0 Å². The molecule has 0 rings (SSSR count). The Morgan fingerprint density at radius 1 is 1.27 bits per heavy atom. The summed E-state index contributed by atoms with van der Waals surface area (Å²) < 4.78 is 0. The van der Waals surface area contributed by atoms with E-state index in [0.29, 0.717) is 11.6 Å². The van der Waals surface area contributed by atoms with Crippen molar-refractivity contribution in [2.75, 3.05) is 0 Å². The quantitative estimate of drug-likeness (QED) is 0.652. The summed E-state index contributed by atoms with van der Waals surface area (Å²) in [6.45, 7) is 9.22. The van der Waals surface area contributed by atoms with Gasteiger partial charge in [0.05, 0.1) is 0 Å². The molecule has 0 bridgehead atoms. The number of carbonyl (C=O) groups excluding carboxylic acids is 1. The smallest absolute Gasteiger partial charge is 0.217 e. The largest absolute Gasteiger partial charge is 0.370 e. The normalized spacial score (nSPS) is 11.5. The van der Waals surface area contributed by atoms with E-state index in [4.69, 9.17) is 5.73 Å². The van der Waals surface area contributed by atoms with E-state index in [1.807, 2.05) is 0 Å². The lowest BCUT2D eigenvalue weighted by molar-refractivity contribution is -0.117. The molecule has 0 aromatic carbocycles. The third-order valence-corrected chi connectivity index (χ3v) is 10.7. The van der Waals surface area contributed by atoms with Crippen LogP contribution in [0.25, 0.3) is 0 Å². The SMILES string of the molecule is C[SiH](C)C(CC(N)=O)[SiH](C)C. The summed E-state index contributed by atoms with van der Waals surface area (Å²) in [5, 5.41) is 0.715. The van der Waals surface area contributed by atoms with Gasteiger partial charge in [-0.3, -0.25) is 4.79 Å². The zero-order chi connectivity index (χ0) is 9.02. The lowest BCUT2D eigenvalue weighted by Crippen LogP contribution is -2.29. The van der Waals surface area contributed by atoms with E-state index >= 15 is 0 Å². The van der Waals surface area contributed by atoms with Crippen LogP contribution in [0.3, 0.4) is 0 Å². The molecule has 2 N–H and O–H groups in total. The summed E-state index contributed by atoms with van der Waals surface area (Å²) in [5.41, 5.74) is 5.17. The third-order valence-electron chi connectivity index (χ3n) is 2.15. The number of nitrogens with two attached hydrogens (primary N) is 1.